The molecule has 1 fully saturated rings. The Morgan fingerprint density at radius 2 is 2.14 bits per heavy atom. The van der Waals surface area contributed by atoms with Gasteiger partial charge in [-0.2, -0.15) is 4.98 Å². The third kappa shape index (κ3) is 3.65. The highest BCUT2D eigenvalue weighted by atomic mass is 35.5. The van der Waals surface area contributed by atoms with Crippen LogP contribution in [0.15, 0.2) is 28.8 Å². The maximum Gasteiger partial charge on any atom is 0.246 e. The predicted octanol–water partition coefficient (Wildman–Crippen LogP) is 3.59. The van der Waals surface area contributed by atoms with Crippen LogP contribution in [0.4, 0.5) is 0 Å². The van der Waals surface area contributed by atoms with Gasteiger partial charge in [-0.15, -0.1) is 0 Å². The summed E-state index contributed by atoms with van der Waals surface area (Å²) in [4.78, 5) is 16.4. The first-order valence-electron chi connectivity index (χ1n) is 7.58. The van der Waals surface area contributed by atoms with E-state index in [1.807, 2.05) is 12.1 Å². The van der Waals surface area contributed by atoms with E-state index in [2.05, 4.69) is 15.5 Å². The van der Waals surface area contributed by atoms with Crippen LogP contribution in [0.3, 0.4) is 0 Å². The number of nitrogens with one attached hydrogen (secondary N) is 1. The van der Waals surface area contributed by atoms with Gasteiger partial charge in [0.25, 0.3) is 0 Å². The molecule has 1 heterocycles. The van der Waals surface area contributed by atoms with Crippen LogP contribution in [0, 0.1) is 5.92 Å². The highest BCUT2D eigenvalue weighted by Crippen LogP contribution is 2.24. The first-order valence-corrected chi connectivity index (χ1v) is 7.96. The van der Waals surface area contributed by atoms with Gasteiger partial charge in [-0.25, -0.2) is 0 Å². The van der Waals surface area contributed by atoms with Gasteiger partial charge < -0.3 is 9.84 Å². The maximum absolute atomic E-state index is 12.1. The minimum absolute atomic E-state index is 0.0854. The number of hydrogen-bond acceptors (Lipinski definition) is 4. The second-order valence-corrected chi connectivity index (χ2v) is 6.01. The molecular formula is C16H18ClN3O2. The van der Waals surface area contributed by atoms with E-state index in [9.17, 15) is 4.79 Å². The van der Waals surface area contributed by atoms with Crippen LogP contribution in [0.25, 0.3) is 11.4 Å². The molecule has 0 radical (unpaired) electrons. The Bertz CT molecular complexity index is 650. The third-order valence-corrected chi connectivity index (χ3v) is 4.18. The second kappa shape index (κ2) is 6.92. The van der Waals surface area contributed by atoms with Crippen LogP contribution in [0.5, 0.6) is 0 Å². The highest BCUT2D eigenvalue weighted by molar-refractivity contribution is 6.30. The van der Waals surface area contributed by atoms with Gasteiger partial charge in [0.05, 0.1) is 6.54 Å². The molecule has 1 amide bonds. The number of aromatic nitrogens is 2. The lowest BCUT2D eigenvalue weighted by molar-refractivity contribution is -0.126. The summed E-state index contributed by atoms with van der Waals surface area (Å²) in [5.41, 5.74) is 0.793. The lowest BCUT2D eigenvalue weighted by Gasteiger charge is -2.20. The zero-order valence-electron chi connectivity index (χ0n) is 12.2. The third-order valence-electron chi connectivity index (χ3n) is 3.94. The van der Waals surface area contributed by atoms with E-state index in [1.165, 1.54) is 6.42 Å². The van der Waals surface area contributed by atoms with E-state index in [1.54, 1.807) is 12.1 Å². The first kappa shape index (κ1) is 15.0. The second-order valence-electron chi connectivity index (χ2n) is 5.57. The lowest BCUT2D eigenvalue weighted by atomic mass is 9.89. The number of nitrogens with zero attached hydrogens (tertiary/aromatic N) is 2. The number of benzene rings is 1. The molecule has 1 N–H and O–H groups in total. The summed E-state index contributed by atoms with van der Waals surface area (Å²) in [6.07, 6.45) is 5.46. The molecule has 2 aromatic rings. The fourth-order valence-corrected chi connectivity index (χ4v) is 2.93. The molecule has 1 saturated carbocycles. The van der Waals surface area contributed by atoms with Crippen molar-refractivity contribution in [3.05, 3.63) is 35.2 Å². The molecule has 0 aliphatic heterocycles. The van der Waals surface area contributed by atoms with Crippen LogP contribution in [0.2, 0.25) is 5.02 Å². The van der Waals surface area contributed by atoms with E-state index in [4.69, 9.17) is 16.1 Å². The smallest absolute Gasteiger partial charge is 0.246 e. The standard InChI is InChI=1S/C16H18ClN3O2/c17-13-8-4-7-12(9-13)15-19-14(22-20-15)10-18-16(21)11-5-2-1-3-6-11/h4,7-9,11H,1-3,5-6,10H2,(H,18,21). The van der Waals surface area contributed by atoms with Gasteiger partial charge in [0.15, 0.2) is 0 Å². The molecule has 0 bridgehead atoms. The van der Waals surface area contributed by atoms with E-state index in [-0.39, 0.29) is 18.4 Å². The highest BCUT2D eigenvalue weighted by Gasteiger charge is 2.21. The predicted molar refractivity (Wildman–Crippen MR) is 83.2 cm³/mol. The average Bonchev–Trinajstić information content (AvgIpc) is 3.02. The van der Waals surface area contributed by atoms with Gasteiger partial charge in [-0.1, -0.05) is 48.2 Å². The van der Waals surface area contributed by atoms with Gasteiger partial charge >= 0.3 is 0 Å². The zero-order chi connectivity index (χ0) is 15.4. The van der Waals surface area contributed by atoms with Crippen LogP contribution >= 0.6 is 11.6 Å². The summed E-state index contributed by atoms with van der Waals surface area (Å²) in [5.74, 6) is 1.09. The average molecular weight is 320 g/mol. The van der Waals surface area contributed by atoms with Crippen molar-refractivity contribution in [2.24, 2.45) is 5.92 Å². The van der Waals surface area contributed by atoms with E-state index in [0.717, 1.165) is 31.2 Å². The molecule has 6 heteroatoms. The van der Waals surface area contributed by atoms with Crippen molar-refractivity contribution in [1.29, 1.82) is 0 Å². The van der Waals surface area contributed by atoms with Crippen LogP contribution < -0.4 is 5.32 Å². The lowest BCUT2D eigenvalue weighted by Crippen LogP contribution is -2.31. The fraction of sp³-hybridized carbons (Fsp3) is 0.438. The van der Waals surface area contributed by atoms with Crippen LogP contribution in [-0.4, -0.2) is 16.0 Å². The van der Waals surface area contributed by atoms with Crippen molar-refractivity contribution in [2.75, 3.05) is 0 Å². The molecule has 0 spiro atoms. The number of hydrogen-bond donors (Lipinski definition) is 1. The minimum Gasteiger partial charge on any atom is -0.347 e. The molecule has 1 aliphatic carbocycles. The Morgan fingerprint density at radius 1 is 1.32 bits per heavy atom. The number of carbonyl (C=O) groups is 1. The SMILES string of the molecule is O=C(NCc1nc(-c2cccc(Cl)c2)no1)C1CCCCC1. The van der Waals surface area contributed by atoms with Gasteiger partial charge in [0, 0.05) is 16.5 Å². The molecular weight excluding hydrogens is 302 g/mol. The molecule has 22 heavy (non-hydrogen) atoms. The van der Waals surface area contributed by atoms with Gasteiger partial charge in [-0.05, 0) is 25.0 Å². The fourth-order valence-electron chi connectivity index (χ4n) is 2.74. The zero-order valence-corrected chi connectivity index (χ0v) is 13.0. The Labute approximate surface area is 134 Å². The van der Waals surface area contributed by atoms with Crippen molar-refractivity contribution >= 4 is 17.5 Å². The largest absolute Gasteiger partial charge is 0.347 e. The first-order chi connectivity index (χ1) is 10.7. The molecule has 0 saturated heterocycles. The number of rotatable bonds is 4. The topological polar surface area (TPSA) is 68.0 Å². The number of halogens is 1. The molecule has 1 aromatic heterocycles. The molecule has 3 rings (SSSR count). The quantitative estimate of drug-likeness (QED) is 0.935. The van der Waals surface area contributed by atoms with E-state index in [0.29, 0.717) is 16.7 Å². The summed E-state index contributed by atoms with van der Waals surface area (Å²) in [6.45, 7) is 0.267. The van der Waals surface area contributed by atoms with Crippen molar-refractivity contribution in [2.45, 2.75) is 38.6 Å². The maximum atomic E-state index is 12.1. The summed E-state index contributed by atoms with van der Waals surface area (Å²) < 4.78 is 5.18. The van der Waals surface area contributed by atoms with Crippen LogP contribution in [-0.2, 0) is 11.3 Å². The Kier molecular flexibility index (Phi) is 4.73. The van der Waals surface area contributed by atoms with Crippen molar-refractivity contribution in [1.82, 2.24) is 15.5 Å². The van der Waals surface area contributed by atoms with Gasteiger partial charge in [0.1, 0.15) is 0 Å². The summed E-state index contributed by atoms with van der Waals surface area (Å²) in [7, 11) is 0. The molecule has 1 aromatic carbocycles. The molecule has 5 nitrogen and oxygen atoms in total. The minimum atomic E-state index is 0.0854. The monoisotopic (exact) mass is 319 g/mol. The number of carbonyl (C=O) groups excluding carboxylic acids is 1. The molecule has 1 aliphatic rings. The number of amides is 1. The summed E-state index contributed by atoms with van der Waals surface area (Å²) in [6, 6.07) is 7.26. The Hall–Kier alpha value is -1.88. The Balaban J connectivity index is 1.59. The molecule has 0 atom stereocenters. The van der Waals surface area contributed by atoms with Crippen LogP contribution in [0.1, 0.15) is 38.0 Å². The molecule has 0 unspecified atom stereocenters. The normalized spacial score (nSPS) is 15.7. The van der Waals surface area contributed by atoms with E-state index < -0.39 is 0 Å². The van der Waals surface area contributed by atoms with Crippen molar-refractivity contribution in [3.8, 4) is 11.4 Å². The summed E-state index contributed by atoms with van der Waals surface area (Å²) >= 11 is 5.95. The molecule has 116 valence electrons. The van der Waals surface area contributed by atoms with E-state index >= 15 is 0 Å². The van der Waals surface area contributed by atoms with Gasteiger partial charge in [-0.3, -0.25) is 4.79 Å². The Morgan fingerprint density at radius 3 is 2.91 bits per heavy atom. The van der Waals surface area contributed by atoms with Gasteiger partial charge in [0.2, 0.25) is 17.6 Å². The summed E-state index contributed by atoms with van der Waals surface area (Å²) in [5, 5.41) is 7.43. The van der Waals surface area contributed by atoms with Crippen molar-refractivity contribution in [3.63, 3.8) is 0 Å². The van der Waals surface area contributed by atoms with Crippen molar-refractivity contribution < 1.29 is 9.32 Å².